The third-order valence-electron chi connectivity index (χ3n) is 3.94. The Morgan fingerprint density at radius 3 is 2.63 bits per heavy atom. The lowest BCUT2D eigenvalue weighted by Gasteiger charge is -2.30. The van der Waals surface area contributed by atoms with Crippen LogP contribution in [0.1, 0.15) is 26.5 Å². The van der Waals surface area contributed by atoms with E-state index in [2.05, 4.69) is 24.2 Å². The van der Waals surface area contributed by atoms with Crippen LogP contribution in [0.25, 0.3) is 10.9 Å². The summed E-state index contributed by atoms with van der Waals surface area (Å²) in [6.45, 7) is 7.12. The Hall–Kier alpha value is -1.39. The van der Waals surface area contributed by atoms with E-state index in [1.54, 1.807) is 0 Å². The quantitative estimate of drug-likeness (QED) is 0.864. The molecule has 2 aromatic rings. The standard InChI is InChI=1S/C15H23N3O/c1-4-18-14-8-6-5-7-12(14)13(17-18)9-15(19,10-16)11(2)3/h5-8,11,19H,4,9-10,16H2,1-3H3. The van der Waals surface area contributed by atoms with E-state index in [0.29, 0.717) is 6.42 Å². The summed E-state index contributed by atoms with van der Waals surface area (Å²) < 4.78 is 1.97. The summed E-state index contributed by atoms with van der Waals surface area (Å²) in [5.74, 6) is 0.100. The maximum absolute atomic E-state index is 10.6. The van der Waals surface area contributed by atoms with E-state index in [-0.39, 0.29) is 12.5 Å². The van der Waals surface area contributed by atoms with Crippen LogP contribution in [0.5, 0.6) is 0 Å². The van der Waals surface area contributed by atoms with Crippen molar-refractivity contribution < 1.29 is 5.11 Å². The molecule has 3 N–H and O–H groups in total. The van der Waals surface area contributed by atoms with Crippen LogP contribution in [-0.2, 0) is 13.0 Å². The Labute approximate surface area is 114 Å². The van der Waals surface area contributed by atoms with Crippen molar-refractivity contribution in [2.75, 3.05) is 6.54 Å². The van der Waals surface area contributed by atoms with Gasteiger partial charge in [0, 0.05) is 24.9 Å². The predicted octanol–water partition coefficient (Wildman–Crippen LogP) is 1.94. The summed E-state index contributed by atoms with van der Waals surface area (Å²) >= 11 is 0. The highest BCUT2D eigenvalue weighted by Gasteiger charge is 2.31. The first-order chi connectivity index (χ1) is 9.01. The number of fused-ring (bicyclic) bond motifs is 1. The van der Waals surface area contributed by atoms with Gasteiger partial charge in [0.15, 0.2) is 0 Å². The number of aryl methyl sites for hydroxylation is 1. The number of para-hydroxylation sites is 1. The predicted molar refractivity (Wildman–Crippen MR) is 78.0 cm³/mol. The lowest BCUT2D eigenvalue weighted by atomic mass is 9.85. The molecule has 0 saturated heterocycles. The molecule has 4 nitrogen and oxygen atoms in total. The number of hydrogen-bond donors (Lipinski definition) is 2. The topological polar surface area (TPSA) is 64.1 Å². The second-order valence-electron chi connectivity index (χ2n) is 5.42. The maximum atomic E-state index is 10.6. The molecule has 1 aromatic heterocycles. The molecule has 1 unspecified atom stereocenters. The van der Waals surface area contributed by atoms with Gasteiger partial charge in [0.25, 0.3) is 0 Å². The smallest absolute Gasteiger partial charge is 0.0848 e. The first-order valence-electron chi connectivity index (χ1n) is 6.88. The molecule has 2 rings (SSSR count). The fraction of sp³-hybridized carbons (Fsp3) is 0.533. The molecule has 0 radical (unpaired) electrons. The molecule has 0 amide bonds. The van der Waals surface area contributed by atoms with Crippen LogP contribution in [-0.4, -0.2) is 27.0 Å². The minimum Gasteiger partial charge on any atom is -0.388 e. The van der Waals surface area contributed by atoms with Gasteiger partial charge >= 0.3 is 0 Å². The van der Waals surface area contributed by atoms with Crippen molar-refractivity contribution in [3.63, 3.8) is 0 Å². The van der Waals surface area contributed by atoms with E-state index in [9.17, 15) is 5.11 Å². The van der Waals surface area contributed by atoms with E-state index in [0.717, 1.165) is 23.1 Å². The van der Waals surface area contributed by atoms with Crippen LogP contribution in [0.2, 0.25) is 0 Å². The van der Waals surface area contributed by atoms with Crippen LogP contribution in [0.4, 0.5) is 0 Å². The summed E-state index contributed by atoms with van der Waals surface area (Å²) in [7, 11) is 0. The SMILES string of the molecule is CCn1nc(CC(O)(CN)C(C)C)c2ccccc21. The summed E-state index contributed by atoms with van der Waals surface area (Å²) in [6, 6.07) is 8.13. The second kappa shape index (κ2) is 5.31. The molecule has 0 bridgehead atoms. The van der Waals surface area contributed by atoms with E-state index in [1.807, 2.05) is 30.7 Å². The maximum Gasteiger partial charge on any atom is 0.0848 e. The van der Waals surface area contributed by atoms with Crippen LogP contribution >= 0.6 is 0 Å². The molecule has 0 aliphatic carbocycles. The summed E-state index contributed by atoms with van der Waals surface area (Å²) in [6.07, 6.45) is 0.495. The molecule has 0 fully saturated rings. The van der Waals surface area contributed by atoms with Crippen molar-refractivity contribution in [3.8, 4) is 0 Å². The number of rotatable bonds is 5. The van der Waals surface area contributed by atoms with Crippen molar-refractivity contribution in [2.45, 2.75) is 39.3 Å². The van der Waals surface area contributed by atoms with E-state index < -0.39 is 5.60 Å². The molecule has 0 saturated carbocycles. The zero-order valence-electron chi connectivity index (χ0n) is 11.9. The van der Waals surface area contributed by atoms with Crippen molar-refractivity contribution in [2.24, 2.45) is 11.7 Å². The van der Waals surface area contributed by atoms with Crippen LogP contribution < -0.4 is 5.73 Å². The Bertz CT molecular complexity index is 562. The van der Waals surface area contributed by atoms with Gasteiger partial charge in [0.1, 0.15) is 0 Å². The van der Waals surface area contributed by atoms with E-state index >= 15 is 0 Å². The highest BCUT2D eigenvalue weighted by atomic mass is 16.3. The minimum absolute atomic E-state index is 0.100. The summed E-state index contributed by atoms with van der Waals surface area (Å²) in [5.41, 5.74) is 6.91. The fourth-order valence-corrected chi connectivity index (χ4v) is 2.37. The summed E-state index contributed by atoms with van der Waals surface area (Å²) in [4.78, 5) is 0. The zero-order valence-corrected chi connectivity index (χ0v) is 11.9. The molecular weight excluding hydrogens is 238 g/mol. The number of aliphatic hydroxyl groups is 1. The van der Waals surface area contributed by atoms with Crippen molar-refractivity contribution in [1.29, 1.82) is 0 Å². The molecular formula is C15H23N3O. The van der Waals surface area contributed by atoms with Gasteiger partial charge in [0.2, 0.25) is 0 Å². The number of hydrogen-bond acceptors (Lipinski definition) is 3. The lowest BCUT2D eigenvalue weighted by molar-refractivity contribution is 0.00339. The van der Waals surface area contributed by atoms with Gasteiger partial charge in [-0.2, -0.15) is 5.10 Å². The van der Waals surface area contributed by atoms with Gasteiger partial charge in [-0.25, -0.2) is 0 Å². The fourth-order valence-electron chi connectivity index (χ4n) is 2.37. The van der Waals surface area contributed by atoms with Crippen LogP contribution in [0, 0.1) is 5.92 Å². The number of aromatic nitrogens is 2. The van der Waals surface area contributed by atoms with E-state index in [4.69, 9.17) is 5.73 Å². The number of benzene rings is 1. The normalized spacial score (nSPS) is 15.1. The van der Waals surface area contributed by atoms with Gasteiger partial charge in [-0.15, -0.1) is 0 Å². The monoisotopic (exact) mass is 261 g/mol. The van der Waals surface area contributed by atoms with Gasteiger partial charge in [-0.3, -0.25) is 4.68 Å². The second-order valence-corrected chi connectivity index (χ2v) is 5.42. The van der Waals surface area contributed by atoms with Crippen LogP contribution in [0.3, 0.4) is 0 Å². The molecule has 0 spiro atoms. The first kappa shape index (κ1) is 14.0. The Balaban J connectivity index is 2.46. The summed E-state index contributed by atoms with van der Waals surface area (Å²) in [5, 5.41) is 16.4. The first-order valence-corrected chi connectivity index (χ1v) is 6.88. The Morgan fingerprint density at radius 1 is 1.37 bits per heavy atom. The molecule has 0 aliphatic heterocycles. The highest BCUT2D eigenvalue weighted by molar-refractivity contribution is 5.82. The minimum atomic E-state index is -0.893. The largest absolute Gasteiger partial charge is 0.388 e. The number of nitrogens with zero attached hydrogens (tertiary/aromatic N) is 2. The third-order valence-corrected chi connectivity index (χ3v) is 3.94. The van der Waals surface area contributed by atoms with Crippen molar-refractivity contribution >= 4 is 10.9 Å². The molecule has 104 valence electrons. The van der Waals surface area contributed by atoms with E-state index in [1.165, 1.54) is 0 Å². The van der Waals surface area contributed by atoms with Gasteiger partial charge in [-0.05, 0) is 18.9 Å². The average Bonchev–Trinajstić information content (AvgIpc) is 2.76. The van der Waals surface area contributed by atoms with Gasteiger partial charge in [0.05, 0.1) is 16.8 Å². The third kappa shape index (κ3) is 2.51. The van der Waals surface area contributed by atoms with Crippen molar-refractivity contribution in [1.82, 2.24) is 9.78 Å². The molecule has 1 atom stereocenters. The van der Waals surface area contributed by atoms with Gasteiger partial charge < -0.3 is 10.8 Å². The van der Waals surface area contributed by atoms with Crippen LogP contribution in [0.15, 0.2) is 24.3 Å². The van der Waals surface area contributed by atoms with Crippen molar-refractivity contribution in [3.05, 3.63) is 30.0 Å². The number of nitrogens with two attached hydrogens (primary N) is 1. The molecule has 0 aliphatic rings. The average molecular weight is 261 g/mol. The highest BCUT2D eigenvalue weighted by Crippen LogP contribution is 2.26. The Kier molecular flexibility index (Phi) is 3.92. The Morgan fingerprint density at radius 2 is 2.05 bits per heavy atom. The molecule has 4 heteroatoms. The van der Waals surface area contributed by atoms with Gasteiger partial charge in [-0.1, -0.05) is 32.0 Å². The zero-order chi connectivity index (χ0) is 14.0. The molecule has 1 heterocycles. The molecule has 19 heavy (non-hydrogen) atoms. The molecule has 1 aromatic carbocycles. The lowest BCUT2D eigenvalue weighted by Crippen LogP contribution is -2.45.